The van der Waals surface area contributed by atoms with Crippen LogP contribution in [0.2, 0.25) is 0 Å². The summed E-state index contributed by atoms with van der Waals surface area (Å²) < 4.78 is 16.4. The molecule has 0 aliphatic heterocycles. The lowest BCUT2D eigenvalue weighted by atomic mass is 10.1. The molecule has 0 spiro atoms. The summed E-state index contributed by atoms with van der Waals surface area (Å²) in [5, 5.41) is 26.6. The summed E-state index contributed by atoms with van der Waals surface area (Å²) in [4.78, 5) is 23.2. The van der Waals surface area contributed by atoms with Crippen LogP contribution in [0.15, 0.2) is 66.7 Å². The molecular weight excluding hydrogens is 524 g/mol. The number of ether oxygens (including phenoxy) is 3. The maximum atomic E-state index is 12.2. The Kier molecular flexibility index (Phi) is 12.6. The summed E-state index contributed by atoms with van der Waals surface area (Å²) in [6.07, 6.45) is 0.00969. The Morgan fingerprint density at radius 2 is 1.71 bits per heavy atom. The van der Waals surface area contributed by atoms with Crippen LogP contribution in [0.1, 0.15) is 59.5 Å². The van der Waals surface area contributed by atoms with E-state index >= 15 is 0 Å². The smallest absolute Gasteiger partial charge is 0.302 e. The van der Waals surface area contributed by atoms with Crippen molar-refractivity contribution in [2.45, 2.75) is 52.6 Å². The van der Waals surface area contributed by atoms with Crippen LogP contribution in [0.3, 0.4) is 0 Å². The average Bonchev–Trinajstić information content (AvgIpc) is 2.95. The second-order valence-corrected chi connectivity index (χ2v) is 10.0. The highest BCUT2D eigenvalue weighted by atomic mass is 16.5. The molecule has 0 saturated heterocycles. The minimum atomic E-state index is -0.766. The highest BCUT2D eigenvalue weighted by Gasteiger charge is 2.12. The Labute approximate surface area is 241 Å². The lowest BCUT2D eigenvalue weighted by Gasteiger charge is -2.14. The first-order chi connectivity index (χ1) is 19.7. The molecule has 0 heterocycles. The Bertz CT molecular complexity index is 1260. The fourth-order valence-electron chi connectivity index (χ4n) is 4.01. The molecule has 1 atom stereocenters. The predicted molar refractivity (Wildman–Crippen MR) is 156 cm³/mol. The van der Waals surface area contributed by atoms with Gasteiger partial charge in [-0.1, -0.05) is 30.3 Å². The number of phenolic OH excluding ortho intramolecular Hbond substituents is 1. The first-order valence-corrected chi connectivity index (χ1v) is 13.7. The van der Waals surface area contributed by atoms with E-state index in [1.165, 1.54) is 13.0 Å². The molecule has 9 nitrogen and oxygen atoms in total. The summed E-state index contributed by atoms with van der Waals surface area (Å²) in [5.74, 6) is 0.243. The van der Waals surface area contributed by atoms with Crippen molar-refractivity contribution < 1.29 is 34.0 Å². The van der Waals surface area contributed by atoms with Crippen molar-refractivity contribution in [2.75, 3.05) is 26.3 Å². The molecule has 41 heavy (non-hydrogen) atoms. The van der Waals surface area contributed by atoms with Crippen molar-refractivity contribution >= 4 is 11.9 Å². The summed E-state index contributed by atoms with van der Waals surface area (Å²) in [5.41, 5.74) is 3.75. The molecule has 3 aromatic rings. The molecule has 0 aliphatic carbocycles. The Morgan fingerprint density at radius 3 is 2.44 bits per heavy atom. The predicted octanol–water partition coefficient (Wildman–Crippen LogP) is 4.05. The van der Waals surface area contributed by atoms with Gasteiger partial charge < -0.3 is 35.1 Å². The van der Waals surface area contributed by atoms with Crippen LogP contribution in [0.5, 0.6) is 11.5 Å². The Hall–Kier alpha value is -3.92. The minimum Gasteiger partial charge on any atom is -0.508 e. The zero-order chi connectivity index (χ0) is 29.6. The van der Waals surface area contributed by atoms with Gasteiger partial charge in [0.15, 0.2) is 0 Å². The van der Waals surface area contributed by atoms with Crippen molar-refractivity contribution in [3.63, 3.8) is 0 Å². The van der Waals surface area contributed by atoms with E-state index in [0.29, 0.717) is 49.6 Å². The number of rotatable bonds is 16. The molecule has 0 bridgehead atoms. The monoisotopic (exact) mass is 564 g/mol. The van der Waals surface area contributed by atoms with Gasteiger partial charge in [-0.3, -0.25) is 9.59 Å². The van der Waals surface area contributed by atoms with Crippen molar-refractivity contribution in [2.24, 2.45) is 0 Å². The third-order valence-corrected chi connectivity index (χ3v) is 6.14. The number of hydrogen-bond donors (Lipinski definition) is 4. The van der Waals surface area contributed by atoms with Crippen LogP contribution in [-0.2, 0) is 33.9 Å². The number of carbonyl (C=O) groups excluding carboxylic acids is 2. The van der Waals surface area contributed by atoms with Gasteiger partial charge in [0.05, 0.1) is 19.3 Å². The number of amides is 1. The van der Waals surface area contributed by atoms with E-state index in [4.69, 9.17) is 14.2 Å². The third kappa shape index (κ3) is 11.2. The lowest BCUT2D eigenvalue weighted by molar-refractivity contribution is -0.142. The molecule has 0 aliphatic rings. The van der Waals surface area contributed by atoms with Gasteiger partial charge in [-0.25, -0.2) is 0 Å². The first-order valence-electron chi connectivity index (χ1n) is 13.7. The normalized spacial score (nSPS) is 11.7. The average molecular weight is 565 g/mol. The number of esters is 1. The Morgan fingerprint density at radius 1 is 0.927 bits per heavy atom. The molecule has 4 N–H and O–H groups in total. The number of aliphatic hydroxyl groups is 1. The van der Waals surface area contributed by atoms with Crippen LogP contribution in [0.4, 0.5) is 0 Å². The standard InChI is InChI=1S/C32H40N2O7/c1-22(2)34-32(38)27-6-4-5-25(17-27)20-39-15-16-40-29-10-7-24(8-11-29)13-14-33-19-31(37)26-9-12-30(36)28(18-26)21-41-23(3)35/h4-12,17-18,22,31,33,36-37H,13-16,19-21H2,1-3H3,(H,34,38)/t31-/m0/s1. The van der Waals surface area contributed by atoms with Crippen molar-refractivity contribution in [1.82, 2.24) is 10.6 Å². The number of aliphatic hydroxyl groups excluding tert-OH is 1. The first kappa shape index (κ1) is 31.6. The van der Waals surface area contributed by atoms with E-state index in [2.05, 4.69) is 10.6 Å². The van der Waals surface area contributed by atoms with Crippen LogP contribution < -0.4 is 15.4 Å². The van der Waals surface area contributed by atoms with Gasteiger partial charge in [-0.15, -0.1) is 0 Å². The summed E-state index contributed by atoms with van der Waals surface area (Å²) in [6, 6.07) is 20.1. The molecule has 0 fully saturated rings. The molecule has 0 radical (unpaired) electrons. The second kappa shape index (κ2) is 16.4. The Balaban J connectivity index is 1.32. The van der Waals surface area contributed by atoms with Gasteiger partial charge in [0.1, 0.15) is 24.7 Å². The van der Waals surface area contributed by atoms with E-state index in [1.54, 1.807) is 18.2 Å². The fraction of sp³-hybridized carbons (Fsp3) is 0.375. The SMILES string of the molecule is CC(=O)OCc1cc([C@@H](O)CNCCc2ccc(OCCOCc3cccc(C(=O)NC(C)C)c3)cc2)ccc1O. The highest BCUT2D eigenvalue weighted by Crippen LogP contribution is 2.23. The van der Waals surface area contributed by atoms with Gasteiger partial charge in [0, 0.05) is 30.6 Å². The summed E-state index contributed by atoms with van der Waals surface area (Å²) in [7, 11) is 0. The van der Waals surface area contributed by atoms with Gasteiger partial charge in [0.2, 0.25) is 0 Å². The molecule has 220 valence electrons. The number of hydrogen-bond acceptors (Lipinski definition) is 8. The second-order valence-electron chi connectivity index (χ2n) is 10.0. The number of nitrogens with one attached hydrogen (secondary N) is 2. The zero-order valence-corrected chi connectivity index (χ0v) is 23.9. The van der Waals surface area contributed by atoms with E-state index in [1.807, 2.05) is 56.3 Å². The van der Waals surface area contributed by atoms with Crippen molar-refractivity contribution in [3.8, 4) is 11.5 Å². The zero-order valence-electron chi connectivity index (χ0n) is 23.9. The van der Waals surface area contributed by atoms with Gasteiger partial charge in [-0.05, 0) is 79.9 Å². The topological polar surface area (TPSA) is 126 Å². The molecule has 0 unspecified atom stereocenters. The molecule has 3 rings (SSSR count). The molecule has 0 aromatic heterocycles. The van der Waals surface area contributed by atoms with Crippen LogP contribution >= 0.6 is 0 Å². The largest absolute Gasteiger partial charge is 0.508 e. The van der Waals surface area contributed by atoms with E-state index in [9.17, 15) is 19.8 Å². The minimum absolute atomic E-state index is 0.0185. The van der Waals surface area contributed by atoms with Crippen molar-refractivity contribution in [1.29, 1.82) is 0 Å². The molecule has 0 saturated carbocycles. The quantitative estimate of drug-likeness (QED) is 0.152. The molecule has 1 amide bonds. The molecule has 3 aromatic carbocycles. The number of benzene rings is 3. The van der Waals surface area contributed by atoms with Crippen LogP contribution in [-0.4, -0.2) is 54.4 Å². The lowest BCUT2D eigenvalue weighted by Crippen LogP contribution is -2.30. The molecule has 9 heteroatoms. The van der Waals surface area contributed by atoms with Gasteiger partial charge >= 0.3 is 5.97 Å². The van der Waals surface area contributed by atoms with Gasteiger partial charge in [0.25, 0.3) is 5.91 Å². The van der Waals surface area contributed by atoms with E-state index in [-0.39, 0.29) is 24.3 Å². The van der Waals surface area contributed by atoms with Crippen LogP contribution in [0.25, 0.3) is 0 Å². The van der Waals surface area contributed by atoms with E-state index in [0.717, 1.165) is 23.3 Å². The van der Waals surface area contributed by atoms with Gasteiger partial charge in [-0.2, -0.15) is 0 Å². The number of aromatic hydroxyl groups is 1. The summed E-state index contributed by atoms with van der Waals surface area (Å²) in [6.45, 7) is 7.35. The maximum Gasteiger partial charge on any atom is 0.302 e. The third-order valence-electron chi connectivity index (χ3n) is 6.14. The van der Waals surface area contributed by atoms with Crippen LogP contribution in [0, 0.1) is 0 Å². The molecular formula is C32H40N2O7. The number of carbonyl (C=O) groups is 2. The summed E-state index contributed by atoms with van der Waals surface area (Å²) >= 11 is 0. The maximum absolute atomic E-state index is 12.2. The number of phenols is 1. The van der Waals surface area contributed by atoms with Crippen molar-refractivity contribution in [3.05, 3.63) is 94.5 Å². The highest BCUT2D eigenvalue weighted by molar-refractivity contribution is 5.94. The van der Waals surface area contributed by atoms with E-state index < -0.39 is 12.1 Å². The fourth-order valence-corrected chi connectivity index (χ4v) is 4.01.